The lowest BCUT2D eigenvalue weighted by Crippen LogP contribution is -2.37. The highest BCUT2D eigenvalue weighted by molar-refractivity contribution is 6.28. The Kier molecular flexibility index (Phi) is 5.99. The molecule has 1 aromatic heterocycles. The Bertz CT molecular complexity index is 449. The highest BCUT2D eigenvalue weighted by atomic mass is 35.5. The highest BCUT2D eigenvalue weighted by Crippen LogP contribution is 2.19. The van der Waals surface area contributed by atoms with Crippen molar-refractivity contribution in [2.45, 2.75) is 39.7 Å². The summed E-state index contributed by atoms with van der Waals surface area (Å²) >= 11 is 6.04. The van der Waals surface area contributed by atoms with E-state index >= 15 is 0 Å². The number of aromatic nitrogens is 3. The molecule has 0 bridgehead atoms. The van der Waals surface area contributed by atoms with Crippen molar-refractivity contribution in [1.29, 1.82) is 0 Å². The van der Waals surface area contributed by atoms with E-state index in [0.29, 0.717) is 37.1 Å². The van der Waals surface area contributed by atoms with Gasteiger partial charge >= 0.3 is 0 Å². The first kappa shape index (κ1) is 16.2. The van der Waals surface area contributed by atoms with E-state index in [0.717, 1.165) is 25.9 Å². The quantitative estimate of drug-likeness (QED) is 0.871. The fourth-order valence-corrected chi connectivity index (χ4v) is 2.78. The van der Waals surface area contributed by atoms with Crippen LogP contribution in [0.15, 0.2) is 0 Å². The fourth-order valence-electron chi connectivity index (χ4n) is 2.63. The van der Waals surface area contributed by atoms with E-state index in [1.54, 1.807) is 0 Å². The number of morpholine rings is 1. The largest absolute Gasteiger partial charge is 0.378 e. The molecule has 0 amide bonds. The second kappa shape index (κ2) is 7.75. The Labute approximate surface area is 131 Å². The predicted molar refractivity (Wildman–Crippen MR) is 85.0 cm³/mol. The Morgan fingerprint density at radius 3 is 2.48 bits per heavy atom. The van der Waals surface area contributed by atoms with Crippen LogP contribution in [0.3, 0.4) is 0 Å². The van der Waals surface area contributed by atoms with Crippen LogP contribution < -0.4 is 10.2 Å². The summed E-state index contributed by atoms with van der Waals surface area (Å²) in [5.41, 5.74) is 0. The maximum Gasteiger partial charge on any atom is 0.231 e. The summed E-state index contributed by atoms with van der Waals surface area (Å²) in [6, 6.07) is 0.302. The molecule has 0 spiro atoms. The zero-order valence-corrected chi connectivity index (χ0v) is 13.7. The minimum Gasteiger partial charge on any atom is -0.378 e. The Morgan fingerprint density at radius 2 is 1.86 bits per heavy atom. The summed E-state index contributed by atoms with van der Waals surface area (Å²) in [4.78, 5) is 15.0. The number of ether oxygens (including phenoxy) is 1. The average molecular weight is 314 g/mol. The van der Waals surface area contributed by atoms with Gasteiger partial charge in [-0.1, -0.05) is 26.7 Å². The highest BCUT2D eigenvalue weighted by Gasteiger charge is 2.18. The Balaban J connectivity index is 2.10. The minimum absolute atomic E-state index is 0.228. The minimum atomic E-state index is 0.228. The van der Waals surface area contributed by atoms with Crippen molar-refractivity contribution in [3.05, 3.63) is 5.28 Å². The smallest absolute Gasteiger partial charge is 0.231 e. The van der Waals surface area contributed by atoms with Crippen LogP contribution in [-0.2, 0) is 4.74 Å². The second-order valence-corrected chi connectivity index (χ2v) is 5.68. The monoisotopic (exact) mass is 313 g/mol. The second-order valence-electron chi connectivity index (χ2n) is 5.34. The van der Waals surface area contributed by atoms with Crippen LogP contribution in [0.25, 0.3) is 0 Å². The number of anilines is 2. The van der Waals surface area contributed by atoms with Crippen molar-refractivity contribution < 1.29 is 4.74 Å². The van der Waals surface area contributed by atoms with Gasteiger partial charge in [-0.05, 0) is 24.4 Å². The number of hydrogen-bond acceptors (Lipinski definition) is 6. The van der Waals surface area contributed by atoms with Crippen molar-refractivity contribution in [2.75, 3.05) is 36.5 Å². The van der Waals surface area contributed by atoms with Gasteiger partial charge in [-0.15, -0.1) is 0 Å². The molecule has 118 valence electrons. The van der Waals surface area contributed by atoms with Gasteiger partial charge in [-0.25, -0.2) is 0 Å². The van der Waals surface area contributed by atoms with E-state index < -0.39 is 0 Å². The van der Waals surface area contributed by atoms with Gasteiger partial charge in [0.05, 0.1) is 13.2 Å². The first-order valence-electron chi connectivity index (χ1n) is 7.64. The van der Waals surface area contributed by atoms with Crippen molar-refractivity contribution in [2.24, 2.45) is 5.92 Å². The number of rotatable bonds is 6. The number of hydrogen-bond donors (Lipinski definition) is 1. The molecule has 0 radical (unpaired) electrons. The molecule has 1 unspecified atom stereocenters. The Hall–Kier alpha value is -1.14. The summed E-state index contributed by atoms with van der Waals surface area (Å²) in [5, 5.41) is 3.59. The van der Waals surface area contributed by atoms with E-state index in [-0.39, 0.29) is 5.28 Å². The molecule has 0 aromatic carbocycles. The summed E-state index contributed by atoms with van der Waals surface area (Å²) in [5.74, 6) is 1.76. The van der Waals surface area contributed by atoms with Crippen molar-refractivity contribution >= 4 is 23.5 Å². The maximum absolute atomic E-state index is 6.04. The maximum atomic E-state index is 6.04. The lowest BCUT2D eigenvalue weighted by molar-refractivity contribution is 0.122. The molecular weight excluding hydrogens is 290 g/mol. The first-order valence-corrected chi connectivity index (χ1v) is 8.02. The fraction of sp³-hybridized carbons (Fsp3) is 0.786. The zero-order chi connectivity index (χ0) is 15.2. The molecule has 7 heteroatoms. The molecule has 1 aliphatic rings. The summed E-state index contributed by atoms with van der Waals surface area (Å²) < 4.78 is 5.35. The number of halogens is 1. The lowest BCUT2D eigenvalue weighted by Gasteiger charge is -2.27. The van der Waals surface area contributed by atoms with Crippen molar-refractivity contribution in [3.8, 4) is 0 Å². The predicted octanol–water partition coefficient (Wildman–Crippen LogP) is 2.60. The number of nitrogens with one attached hydrogen (secondary N) is 1. The van der Waals surface area contributed by atoms with Crippen LogP contribution in [0.1, 0.15) is 33.6 Å². The molecule has 2 heterocycles. The van der Waals surface area contributed by atoms with Crippen LogP contribution in [0.5, 0.6) is 0 Å². The van der Waals surface area contributed by atoms with Crippen LogP contribution in [-0.4, -0.2) is 47.3 Å². The van der Waals surface area contributed by atoms with Crippen LogP contribution in [0.2, 0.25) is 5.28 Å². The van der Waals surface area contributed by atoms with Crippen LogP contribution in [0, 0.1) is 5.92 Å². The lowest BCUT2D eigenvalue weighted by atomic mass is 9.96. The standard InChI is InChI=1S/C14H24ClN5O/c1-4-11(5-2)10(3)16-13-17-12(15)18-14(19-13)20-6-8-21-9-7-20/h10-11H,4-9H2,1-3H3,(H,16,17,18,19). The molecule has 1 aromatic rings. The van der Waals surface area contributed by atoms with Gasteiger partial charge in [0.2, 0.25) is 17.2 Å². The molecule has 1 atom stereocenters. The van der Waals surface area contributed by atoms with Crippen molar-refractivity contribution in [3.63, 3.8) is 0 Å². The zero-order valence-electron chi connectivity index (χ0n) is 13.0. The van der Waals surface area contributed by atoms with E-state index in [2.05, 4.69) is 45.9 Å². The molecule has 1 N–H and O–H groups in total. The molecule has 0 aliphatic carbocycles. The average Bonchev–Trinajstić information content (AvgIpc) is 2.49. The molecule has 21 heavy (non-hydrogen) atoms. The summed E-state index contributed by atoms with van der Waals surface area (Å²) in [6.07, 6.45) is 2.25. The van der Waals surface area contributed by atoms with Crippen molar-refractivity contribution in [1.82, 2.24) is 15.0 Å². The SMILES string of the molecule is CCC(CC)C(C)Nc1nc(Cl)nc(N2CCOCC2)n1. The van der Waals surface area contributed by atoms with Gasteiger partial charge in [-0.3, -0.25) is 0 Å². The normalized spacial score (nSPS) is 17.1. The van der Waals surface area contributed by atoms with Gasteiger partial charge < -0.3 is 15.0 Å². The number of nitrogens with zero attached hydrogens (tertiary/aromatic N) is 4. The van der Waals surface area contributed by atoms with Gasteiger partial charge in [0.25, 0.3) is 0 Å². The third-order valence-corrected chi connectivity index (χ3v) is 4.17. The molecule has 0 saturated carbocycles. The third kappa shape index (κ3) is 4.41. The molecule has 1 fully saturated rings. The van der Waals surface area contributed by atoms with E-state index in [9.17, 15) is 0 Å². The van der Waals surface area contributed by atoms with E-state index in [1.807, 2.05) is 0 Å². The van der Waals surface area contributed by atoms with E-state index in [1.165, 1.54) is 0 Å². The summed E-state index contributed by atoms with van der Waals surface area (Å²) in [6.45, 7) is 9.50. The van der Waals surface area contributed by atoms with E-state index in [4.69, 9.17) is 16.3 Å². The summed E-state index contributed by atoms with van der Waals surface area (Å²) in [7, 11) is 0. The molecule has 6 nitrogen and oxygen atoms in total. The third-order valence-electron chi connectivity index (χ3n) is 4.00. The van der Waals surface area contributed by atoms with Gasteiger partial charge in [-0.2, -0.15) is 15.0 Å². The topological polar surface area (TPSA) is 63.2 Å². The van der Waals surface area contributed by atoms with Crippen LogP contribution in [0.4, 0.5) is 11.9 Å². The molecule has 1 saturated heterocycles. The Morgan fingerprint density at radius 1 is 1.19 bits per heavy atom. The molecule has 1 aliphatic heterocycles. The molecular formula is C14H24ClN5O. The van der Waals surface area contributed by atoms with Gasteiger partial charge in [0, 0.05) is 19.1 Å². The first-order chi connectivity index (χ1) is 10.1. The van der Waals surface area contributed by atoms with Crippen LogP contribution >= 0.6 is 11.6 Å². The van der Waals surface area contributed by atoms with Gasteiger partial charge in [0.1, 0.15) is 0 Å². The van der Waals surface area contributed by atoms with Gasteiger partial charge in [0.15, 0.2) is 0 Å². The molecule has 2 rings (SSSR count).